The molecule has 3 N–H and O–H groups in total. The quantitative estimate of drug-likeness (QED) is 0.413. The zero-order valence-corrected chi connectivity index (χ0v) is 17.7. The minimum Gasteiger partial charge on any atom is -0.369 e. The van der Waals surface area contributed by atoms with E-state index >= 15 is 0 Å². The smallest absolute Gasteiger partial charge is 0.229 e. The van der Waals surface area contributed by atoms with Gasteiger partial charge in [-0.15, -0.1) is 0 Å². The summed E-state index contributed by atoms with van der Waals surface area (Å²) in [7, 11) is 0. The molecule has 2 heterocycles. The SMILES string of the molecule is NC(=O)C(c1cccnc1)c1ccc(-c2ccccc2)nc1NCCc1ccc(F)c(F)c1. The first-order valence-electron chi connectivity index (χ1n) is 10.5. The Morgan fingerprint density at radius 3 is 2.48 bits per heavy atom. The van der Waals surface area contributed by atoms with Gasteiger partial charge in [-0.2, -0.15) is 0 Å². The Morgan fingerprint density at radius 2 is 1.79 bits per heavy atom. The van der Waals surface area contributed by atoms with Crippen molar-refractivity contribution in [2.24, 2.45) is 5.73 Å². The van der Waals surface area contributed by atoms with Crippen LogP contribution in [0, 0.1) is 11.6 Å². The van der Waals surface area contributed by atoms with Gasteiger partial charge in [0.25, 0.3) is 0 Å². The van der Waals surface area contributed by atoms with Crippen LogP contribution >= 0.6 is 0 Å². The van der Waals surface area contributed by atoms with Crippen molar-refractivity contribution in [2.45, 2.75) is 12.3 Å². The number of aromatic nitrogens is 2. The molecule has 2 aromatic carbocycles. The van der Waals surface area contributed by atoms with Gasteiger partial charge in [0.2, 0.25) is 5.91 Å². The zero-order valence-electron chi connectivity index (χ0n) is 17.7. The number of rotatable bonds is 8. The molecule has 0 spiro atoms. The van der Waals surface area contributed by atoms with Gasteiger partial charge in [-0.1, -0.05) is 48.5 Å². The van der Waals surface area contributed by atoms with E-state index in [1.807, 2.05) is 42.5 Å². The van der Waals surface area contributed by atoms with E-state index in [0.717, 1.165) is 17.3 Å². The number of hydrogen-bond donors (Lipinski definition) is 2. The second-order valence-electron chi connectivity index (χ2n) is 7.55. The second-order valence-corrected chi connectivity index (χ2v) is 7.55. The molecule has 0 fully saturated rings. The van der Waals surface area contributed by atoms with E-state index in [4.69, 9.17) is 10.7 Å². The van der Waals surface area contributed by atoms with E-state index in [0.29, 0.717) is 35.5 Å². The lowest BCUT2D eigenvalue weighted by Crippen LogP contribution is -2.24. The number of halogens is 2. The van der Waals surface area contributed by atoms with E-state index < -0.39 is 23.5 Å². The molecule has 1 amide bonds. The summed E-state index contributed by atoms with van der Waals surface area (Å²) in [6.45, 7) is 0.391. The number of nitrogens with one attached hydrogen (secondary N) is 1. The fourth-order valence-electron chi connectivity index (χ4n) is 3.68. The van der Waals surface area contributed by atoms with Gasteiger partial charge < -0.3 is 11.1 Å². The Morgan fingerprint density at radius 1 is 0.970 bits per heavy atom. The molecule has 7 heteroatoms. The molecule has 0 saturated heterocycles. The summed E-state index contributed by atoms with van der Waals surface area (Å²) < 4.78 is 26.8. The van der Waals surface area contributed by atoms with Gasteiger partial charge in [0.05, 0.1) is 11.6 Å². The van der Waals surface area contributed by atoms with Gasteiger partial charge in [-0.3, -0.25) is 9.78 Å². The Hall–Kier alpha value is -4.13. The van der Waals surface area contributed by atoms with E-state index in [2.05, 4.69) is 10.3 Å². The lowest BCUT2D eigenvalue weighted by Gasteiger charge is -2.19. The van der Waals surface area contributed by atoms with E-state index in [1.54, 1.807) is 24.5 Å². The van der Waals surface area contributed by atoms with Crippen LogP contribution in [0.2, 0.25) is 0 Å². The molecular formula is C26H22F2N4O. The Kier molecular flexibility index (Phi) is 6.69. The van der Waals surface area contributed by atoms with E-state index in [1.165, 1.54) is 12.1 Å². The molecule has 0 aliphatic rings. The van der Waals surface area contributed by atoms with Crippen molar-refractivity contribution in [3.05, 3.63) is 114 Å². The van der Waals surface area contributed by atoms with Gasteiger partial charge in [0, 0.05) is 30.1 Å². The van der Waals surface area contributed by atoms with Crippen molar-refractivity contribution in [2.75, 3.05) is 11.9 Å². The molecule has 166 valence electrons. The topological polar surface area (TPSA) is 80.9 Å². The summed E-state index contributed by atoms with van der Waals surface area (Å²) in [6.07, 6.45) is 3.66. The monoisotopic (exact) mass is 444 g/mol. The van der Waals surface area contributed by atoms with Crippen LogP contribution in [-0.2, 0) is 11.2 Å². The highest BCUT2D eigenvalue weighted by Gasteiger charge is 2.24. The summed E-state index contributed by atoms with van der Waals surface area (Å²) >= 11 is 0. The number of primary amides is 1. The molecule has 0 radical (unpaired) electrons. The number of carbonyl (C=O) groups excluding carboxylic acids is 1. The first-order chi connectivity index (χ1) is 16.0. The maximum atomic E-state index is 13.6. The van der Waals surface area contributed by atoms with Gasteiger partial charge in [-0.25, -0.2) is 13.8 Å². The van der Waals surface area contributed by atoms with Crippen molar-refractivity contribution in [3.8, 4) is 11.3 Å². The van der Waals surface area contributed by atoms with Crippen LogP contribution in [0.25, 0.3) is 11.3 Å². The summed E-state index contributed by atoms with van der Waals surface area (Å²) in [5, 5.41) is 3.26. The minimum atomic E-state index is -0.886. The van der Waals surface area contributed by atoms with Crippen LogP contribution in [0.5, 0.6) is 0 Å². The number of nitrogens with two attached hydrogens (primary N) is 1. The predicted octanol–water partition coefficient (Wildman–Crippen LogP) is 4.69. The predicted molar refractivity (Wildman–Crippen MR) is 123 cm³/mol. The molecule has 5 nitrogen and oxygen atoms in total. The number of nitrogens with zero attached hydrogens (tertiary/aromatic N) is 2. The average Bonchev–Trinajstić information content (AvgIpc) is 2.83. The third-order valence-electron chi connectivity index (χ3n) is 5.30. The van der Waals surface area contributed by atoms with Gasteiger partial charge >= 0.3 is 0 Å². The van der Waals surface area contributed by atoms with Crippen LogP contribution in [0.1, 0.15) is 22.6 Å². The van der Waals surface area contributed by atoms with Crippen molar-refractivity contribution < 1.29 is 13.6 Å². The number of carbonyl (C=O) groups is 1. The number of hydrogen-bond acceptors (Lipinski definition) is 4. The highest BCUT2D eigenvalue weighted by atomic mass is 19.2. The number of pyridine rings is 2. The normalized spacial score (nSPS) is 11.7. The summed E-state index contributed by atoms with van der Waals surface area (Å²) in [6, 6.07) is 20.7. The molecule has 0 saturated carbocycles. The highest BCUT2D eigenvalue weighted by molar-refractivity contribution is 5.87. The second kappa shape index (κ2) is 9.99. The Bertz CT molecular complexity index is 1250. The highest BCUT2D eigenvalue weighted by Crippen LogP contribution is 2.31. The summed E-state index contributed by atoms with van der Waals surface area (Å²) in [4.78, 5) is 21.3. The first kappa shape index (κ1) is 22.1. The number of anilines is 1. The van der Waals surface area contributed by atoms with Crippen molar-refractivity contribution in [1.29, 1.82) is 0 Å². The van der Waals surface area contributed by atoms with Crippen molar-refractivity contribution in [1.82, 2.24) is 9.97 Å². The molecular weight excluding hydrogens is 422 g/mol. The molecule has 0 bridgehead atoms. The lowest BCUT2D eigenvalue weighted by atomic mass is 9.91. The maximum absolute atomic E-state index is 13.6. The molecule has 0 aliphatic carbocycles. The van der Waals surface area contributed by atoms with Gasteiger partial charge in [-0.05, 0) is 41.8 Å². The van der Waals surface area contributed by atoms with Gasteiger partial charge in [0.15, 0.2) is 11.6 Å². The largest absolute Gasteiger partial charge is 0.369 e. The average molecular weight is 444 g/mol. The molecule has 33 heavy (non-hydrogen) atoms. The minimum absolute atomic E-state index is 0.391. The fraction of sp³-hybridized carbons (Fsp3) is 0.115. The summed E-state index contributed by atoms with van der Waals surface area (Å²) in [5.41, 5.74) is 9.32. The third kappa shape index (κ3) is 5.20. The maximum Gasteiger partial charge on any atom is 0.229 e. The number of amides is 1. The van der Waals surface area contributed by atoms with Crippen LogP contribution in [0.4, 0.5) is 14.6 Å². The van der Waals surface area contributed by atoms with Crippen LogP contribution in [0.3, 0.4) is 0 Å². The van der Waals surface area contributed by atoms with Gasteiger partial charge in [0.1, 0.15) is 5.82 Å². The van der Waals surface area contributed by atoms with Crippen molar-refractivity contribution in [3.63, 3.8) is 0 Å². The molecule has 4 rings (SSSR count). The Labute approximate surface area is 190 Å². The van der Waals surface area contributed by atoms with Crippen LogP contribution < -0.4 is 11.1 Å². The Balaban J connectivity index is 1.68. The first-order valence-corrected chi connectivity index (χ1v) is 10.5. The van der Waals surface area contributed by atoms with Crippen LogP contribution in [0.15, 0.2) is 85.2 Å². The molecule has 1 unspecified atom stereocenters. The van der Waals surface area contributed by atoms with Crippen LogP contribution in [-0.4, -0.2) is 22.4 Å². The fourth-order valence-corrected chi connectivity index (χ4v) is 3.68. The zero-order chi connectivity index (χ0) is 23.2. The molecule has 2 aromatic heterocycles. The molecule has 0 aliphatic heterocycles. The summed E-state index contributed by atoms with van der Waals surface area (Å²) in [5.74, 6) is -2.55. The van der Waals surface area contributed by atoms with E-state index in [-0.39, 0.29) is 0 Å². The number of benzene rings is 2. The van der Waals surface area contributed by atoms with Crippen molar-refractivity contribution >= 4 is 11.7 Å². The molecule has 1 atom stereocenters. The molecule has 4 aromatic rings. The van der Waals surface area contributed by atoms with E-state index in [9.17, 15) is 13.6 Å². The third-order valence-corrected chi connectivity index (χ3v) is 5.30. The standard InChI is InChI=1S/C26H22F2N4O/c27-21-10-8-17(15-22(21)28)12-14-31-26-20(24(25(29)33)19-7-4-13-30-16-19)9-11-23(32-26)18-5-2-1-3-6-18/h1-11,13,15-16,24H,12,14H2,(H2,29,33)(H,31,32). The lowest BCUT2D eigenvalue weighted by molar-refractivity contribution is -0.118.